The molecule has 14 heteroatoms. The minimum Gasteiger partial charge on any atom is -0.622 e. The van der Waals surface area contributed by atoms with E-state index in [0.29, 0.717) is 29.1 Å². The van der Waals surface area contributed by atoms with Crippen molar-refractivity contribution in [1.82, 2.24) is 9.88 Å². The fraction of sp³-hybridized carbons (Fsp3) is 0.406. The van der Waals surface area contributed by atoms with Gasteiger partial charge in [-0.15, -0.1) is 0 Å². The summed E-state index contributed by atoms with van der Waals surface area (Å²) in [4.78, 5) is 33.5. The molecule has 0 atom stereocenters. The predicted molar refractivity (Wildman–Crippen MR) is 158 cm³/mol. The van der Waals surface area contributed by atoms with Gasteiger partial charge in [0.1, 0.15) is 24.5 Å². The molecule has 3 aromatic rings. The average molecular weight is 653 g/mol. The predicted octanol–water partition coefficient (Wildman–Crippen LogP) is 7.44. The lowest BCUT2D eigenvalue weighted by Gasteiger charge is -2.45. The number of aryl methyl sites for hydroxylation is 1. The number of hydroxylamine groups is 3. The number of ether oxygens (including phenoxy) is 1. The number of benzene rings is 2. The van der Waals surface area contributed by atoms with Crippen LogP contribution in [0.3, 0.4) is 0 Å². The van der Waals surface area contributed by atoms with Gasteiger partial charge in [0, 0.05) is 19.8 Å². The molecule has 0 aliphatic carbocycles. The molecule has 0 radical (unpaired) electrons. The van der Waals surface area contributed by atoms with Crippen molar-refractivity contribution in [2.45, 2.75) is 52.2 Å². The Balaban J connectivity index is 1.65. The number of quaternary nitrogens is 1. The molecule has 1 fully saturated rings. The van der Waals surface area contributed by atoms with E-state index in [4.69, 9.17) is 4.74 Å². The van der Waals surface area contributed by atoms with Gasteiger partial charge in [0.25, 0.3) is 5.91 Å². The maximum Gasteiger partial charge on any atom is 0.516 e. The van der Waals surface area contributed by atoms with Crippen LogP contribution >= 0.6 is 0 Å². The number of aromatic nitrogens is 1. The number of amides is 2. The Bertz CT molecular complexity index is 1580. The van der Waals surface area contributed by atoms with E-state index in [1.807, 2.05) is 13.0 Å². The van der Waals surface area contributed by atoms with Gasteiger partial charge in [-0.3, -0.25) is 9.44 Å². The summed E-state index contributed by atoms with van der Waals surface area (Å²) in [6.07, 6.45) is -9.64. The zero-order chi connectivity index (χ0) is 34.2. The standard InChI is InChI=1S/C32H34F6N4O4/c1-20-8-6-7-9-24(20)25-17-27(41-10-12-42(45,13-11-41)29(44)46-30(2,3)4)39-18-26(25)28(43)40(5)19-21-14-22(31(33,34)35)16-23(15-21)32(36,37)38/h6-9,14-18H,10-13,19H2,1-5H3. The lowest BCUT2D eigenvalue weighted by Crippen LogP contribution is -2.60. The fourth-order valence-corrected chi connectivity index (χ4v) is 5.09. The topological polar surface area (TPSA) is 85.8 Å². The number of carbonyl (C=O) groups is 2. The molecule has 1 saturated heterocycles. The summed E-state index contributed by atoms with van der Waals surface area (Å²) in [5.41, 5.74) is -2.17. The Morgan fingerprint density at radius 3 is 2.02 bits per heavy atom. The fourth-order valence-electron chi connectivity index (χ4n) is 5.09. The van der Waals surface area contributed by atoms with Crippen LogP contribution in [-0.4, -0.2) is 65.4 Å². The molecule has 2 amide bonds. The van der Waals surface area contributed by atoms with Gasteiger partial charge in [-0.25, -0.2) is 4.98 Å². The molecule has 1 aromatic heterocycles. The number of alkyl halides is 6. The number of hydrogen-bond acceptors (Lipinski definition) is 6. The van der Waals surface area contributed by atoms with Crippen LogP contribution < -0.4 is 4.90 Å². The number of pyridine rings is 1. The van der Waals surface area contributed by atoms with E-state index in [1.54, 1.807) is 49.9 Å². The second-order valence-corrected chi connectivity index (χ2v) is 12.3. The van der Waals surface area contributed by atoms with Crippen molar-refractivity contribution in [2.24, 2.45) is 0 Å². The van der Waals surface area contributed by atoms with E-state index < -0.39 is 52.3 Å². The van der Waals surface area contributed by atoms with Gasteiger partial charge in [-0.1, -0.05) is 24.3 Å². The molecule has 0 saturated carbocycles. The number of piperazine rings is 1. The Labute approximate surface area is 262 Å². The summed E-state index contributed by atoms with van der Waals surface area (Å²) in [6, 6.07) is 10.0. The van der Waals surface area contributed by atoms with Gasteiger partial charge in [-0.2, -0.15) is 31.1 Å². The molecular weight excluding hydrogens is 618 g/mol. The molecule has 0 bridgehead atoms. The molecule has 1 aliphatic heterocycles. The summed E-state index contributed by atoms with van der Waals surface area (Å²) in [7, 11) is 1.28. The zero-order valence-electron chi connectivity index (χ0n) is 25.9. The van der Waals surface area contributed by atoms with Crippen molar-refractivity contribution < 1.29 is 45.3 Å². The molecule has 2 aromatic carbocycles. The van der Waals surface area contributed by atoms with Crippen LogP contribution in [0.15, 0.2) is 54.7 Å². The molecular formula is C32H34F6N4O4. The normalized spacial score (nSPS) is 15.4. The summed E-state index contributed by atoms with van der Waals surface area (Å²) in [6.45, 7) is 6.41. The van der Waals surface area contributed by atoms with Gasteiger partial charge >= 0.3 is 18.4 Å². The van der Waals surface area contributed by atoms with Crippen molar-refractivity contribution >= 4 is 17.8 Å². The highest BCUT2D eigenvalue weighted by molar-refractivity contribution is 6.01. The summed E-state index contributed by atoms with van der Waals surface area (Å²) in [5.74, 6) is -0.261. The first kappa shape index (κ1) is 34.7. The van der Waals surface area contributed by atoms with Crippen LogP contribution in [0.2, 0.25) is 0 Å². The first-order valence-electron chi connectivity index (χ1n) is 14.3. The summed E-state index contributed by atoms with van der Waals surface area (Å²) >= 11 is 0. The van der Waals surface area contributed by atoms with E-state index in [1.165, 1.54) is 13.2 Å². The van der Waals surface area contributed by atoms with Crippen molar-refractivity contribution in [3.63, 3.8) is 0 Å². The van der Waals surface area contributed by atoms with Crippen LogP contribution in [0, 0.1) is 12.1 Å². The number of carbonyl (C=O) groups excluding carboxylic acids is 2. The molecule has 1 aliphatic rings. The van der Waals surface area contributed by atoms with Gasteiger partial charge in [0.05, 0.1) is 29.8 Å². The number of halogens is 6. The lowest BCUT2D eigenvalue weighted by atomic mass is 9.96. The molecule has 0 unspecified atom stereocenters. The Kier molecular flexibility index (Phi) is 9.47. The third kappa shape index (κ3) is 7.97. The van der Waals surface area contributed by atoms with Crippen molar-refractivity contribution in [2.75, 3.05) is 38.1 Å². The van der Waals surface area contributed by atoms with Gasteiger partial charge in [-0.05, 0) is 74.2 Å². The smallest absolute Gasteiger partial charge is 0.516 e. The lowest BCUT2D eigenvalue weighted by molar-refractivity contribution is -0.809. The highest BCUT2D eigenvalue weighted by Gasteiger charge is 2.38. The second-order valence-electron chi connectivity index (χ2n) is 12.3. The zero-order valence-corrected chi connectivity index (χ0v) is 25.9. The first-order chi connectivity index (χ1) is 21.2. The van der Waals surface area contributed by atoms with E-state index in [0.717, 1.165) is 10.5 Å². The minimum atomic E-state index is -5.03. The molecule has 0 spiro atoms. The summed E-state index contributed by atoms with van der Waals surface area (Å²) in [5, 5.41) is 13.2. The number of anilines is 1. The third-order valence-corrected chi connectivity index (χ3v) is 7.48. The van der Waals surface area contributed by atoms with E-state index in [-0.39, 0.29) is 43.4 Å². The van der Waals surface area contributed by atoms with Crippen LogP contribution in [0.25, 0.3) is 11.1 Å². The van der Waals surface area contributed by atoms with Crippen molar-refractivity contribution in [3.05, 3.63) is 87.8 Å². The highest BCUT2D eigenvalue weighted by Crippen LogP contribution is 2.37. The van der Waals surface area contributed by atoms with E-state index in [9.17, 15) is 41.1 Å². The number of rotatable bonds is 5. The van der Waals surface area contributed by atoms with Crippen LogP contribution in [0.5, 0.6) is 0 Å². The van der Waals surface area contributed by atoms with Gasteiger partial charge in [0.2, 0.25) is 0 Å². The Hall–Kier alpha value is -4.17. The molecule has 2 heterocycles. The SMILES string of the molecule is Cc1ccccc1-c1cc(N2CC[N+]([O-])(C(=O)OC(C)(C)C)CC2)ncc1C(=O)N(C)Cc1cc(C(F)(F)F)cc(C(F)(F)F)c1. The number of hydrogen-bond donors (Lipinski definition) is 0. The molecule has 0 N–H and O–H groups in total. The van der Waals surface area contributed by atoms with Crippen LogP contribution in [0.4, 0.5) is 37.0 Å². The van der Waals surface area contributed by atoms with Crippen molar-refractivity contribution in [3.8, 4) is 11.1 Å². The van der Waals surface area contributed by atoms with Gasteiger partial charge in [0.15, 0.2) is 0 Å². The van der Waals surface area contributed by atoms with E-state index >= 15 is 0 Å². The quantitative estimate of drug-likeness (QED) is 0.162. The number of nitrogens with zero attached hydrogens (tertiary/aromatic N) is 4. The van der Waals surface area contributed by atoms with Gasteiger partial charge < -0.3 is 19.7 Å². The average Bonchev–Trinajstić information content (AvgIpc) is 2.95. The van der Waals surface area contributed by atoms with Crippen LogP contribution in [0.1, 0.15) is 53.4 Å². The molecule has 248 valence electrons. The minimum absolute atomic E-state index is 0.0358. The Morgan fingerprint density at radius 1 is 0.935 bits per heavy atom. The molecule has 46 heavy (non-hydrogen) atoms. The van der Waals surface area contributed by atoms with E-state index in [2.05, 4.69) is 4.98 Å². The summed E-state index contributed by atoms with van der Waals surface area (Å²) < 4.78 is 84.6. The monoisotopic (exact) mass is 652 g/mol. The first-order valence-corrected chi connectivity index (χ1v) is 14.3. The second kappa shape index (κ2) is 12.6. The highest BCUT2D eigenvalue weighted by atomic mass is 19.4. The van der Waals surface area contributed by atoms with Crippen LogP contribution in [-0.2, 0) is 23.6 Å². The Morgan fingerprint density at radius 2 is 1.50 bits per heavy atom. The molecule has 4 rings (SSSR count). The molecule has 8 nitrogen and oxygen atoms in total. The van der Waals surface area contributed by atoms with Crippen molar-refractivity contribution in [1.29, 1.82) is 0 Å². The third-order valence-electron chi connectivity index (χ3n) is 7.48. The maximum absolute atomic E-state index is 13.7. The largest absolute Gasteiger partial charge is 0.622 e. The maximum atomic E-state index is 13.7.